The molecule has 1 unspecified atom stereocenters. The van der Waals surface area contributed by atoms with Crippen LogP contribution in [-0.2, 0) is 6.54 Å². The molecule has 0 spiro atoms. The van der Waals surface area contributed by atoms with Crippen LogP contribution in [0.1, 0.15) is 19.4 Å². The summed E-state index contributed by atoms with van der Waals surface area (Å²) in [6, 6.07) is 3.41. The highest BCUT2D eigenvalue weighted by atomic mass is 19.1. The summed E-state index contributed by atoms with van der Waals surface area (Å²) in [7, 11) is 0. The minimum atomic E-state index is -0.439. The van der Waals surface area contributed by atoms with Gasteiger partial charge in [0.05, 0.1) is 0 Å². The smallest absolute Gasteiger partial charge is 0.127 e. The van der Waals surface area contributed by atoms with Crippen LogP contribution in [0.15, 0.2) is 18.2 Å². The molecule has 0 aromatic heterocycles. The number of hydrogen-bond acceptors (Lipinski definition) is 2. The standard InChI is InChI=1S/C13H19F2NO/c1-9(2)11(8-17)7-16-6-10-5-12(14)3-4-13(10)15/h3-5,9,11,16-17H,6-8H2,1-2H3. The van der Waals surface area contributed by atoms with Crippen molar-refractivity contribution >= 4 is 0 Å². The van der Waals surface area contributed by atoms with Gasteiger partial charge in [-0.1, -0.05) is 13.8 Å². The molecule has 0 bridgehead atoms. The highest BCUT2D eigenvalue weighted by Gasteiger charge is 2.12. The first-order chi connectivity index (χ1) is 8.04. The lowest BCUT2D eigenvalue weighted by Gasteiger charge is -2.18. The Labute approximate surface area is 101 Å². The second-order valence-corrected chi connectivity index (χ2v) is 4.55. The first-order valence-electron chi connectivity index (χ1n) is 5.80. The van der Waals surface area contributed by atoms with Gasteiger partial charge >= 0.3 is 0 Å². The van der Waals surface area contributed by atoms with Gasteiger partial charge in [-0.15, -0.1) is 0 Å². The molecule has 0 amide bonds. The summed E-state index contributed by atoms with van der Waals surface area (Å²) in [6.45, 7) is 4.99. The van der Waals surface area contributed by atoms with Gasteiger partial charge < -0.3 is 10.4 Å². The normalized spacial score (nSPS) is 13.1. The molecule has 0 aliphatic heterocycles. The Bertz CT molecular complexity index is 355. The number of benzene rings is 1. The Hall–Kier alpha value is -1.00. The van der Waals surface area contributed by atoms with E-state index in [-0.39, 0.29) is 19.1 Å². The largest absolute Gasteiger partial charge is 0.396 e. The number of rotatable bonds is 6. The lowest BCUT2D eigenvalue weighted by Crippen LogP contribution is -2.28. The van der Waals surface area contributed by atoms with Crippen LogP contribution >= 0.6 is 0 Å². The molecule has 17 heavy (non-hydrogen) atoms. The summed E-state index contributed by atoms with van der Waals surface area (Å²) in [5.74, 6) is -0.369. The fourth-order valence-corrected chi connectivity index (χ4v) is 1.58. The summed E-state index contributed by atoms with van der Waals surface area (Å²) in [5.41, 5.74) is 0.311. The molecule has 2 nitrogen and oxygen atoms in total. The molecule has 2 N–H and O–H groups in total. The van der Waals surface area contributed by atoms with E-state index in [1.165, 1.54) is 6.07 Å². The number of hydrogen-bond donors (Lipinski definition) is 2. The lowest BCUT2D eigenvalue weighted by molar-refractivity contribution is 0.186. The average Bonchev–Trinajstić information content (AvgIpc) is 2.28. The van der Waals surface area contributed by atoms with Gasteiger partial charge in [0, 0.05) is 25.3 Å². The van der Waals surface area contributed by atoms with E-state index < -0.39 is 11.6 Å². The van der Waals surface area contributed by atoms with Gasteiger partial charge in [-0.3, -0.25) is 0 Å². The third-order valence-electron chi connectivity index (χ3n) is 2.91. The molecule has 96 valence electrons. The van der Waals surface area contributed by atoms with Gasteiger partial charge in [-0.25, -0.2) is 8.78 Å². The van der Waals surface area contributed by atoms with Gasteiger partial charge in [-0.2, -0.15) is 0 Å². The van der Waals surface area contributed by atoms with Crippen LogP contribution in [0.2, 0.25) is 0 Å². The Morgan fingerprint density at radius 3 is 2.59 bits per heavy atom. The predicted molar refractivity (Wildman–Crippen MR) is 63.5 cm³/mol. The van der Waals surface area contributed by atoms with Gasteiger partial charge in [0.1, 0.15) is 11.6 Å². The first kappa shape index (κ1) is 14.1. The number of nitrogens with one attached hydrogen (secondary N) is 1. The highest BCUT2D eigenvalue weighted by molar-refractivity contribution is 5.18. The molecule has 1 aromatic rings. The molecule has 0 aliphatic carbocycles. The lowest BCUT2D eigenvalue weighted by atomic mass is 9.97. The van der Waals surface area contributed by atoms with Crippen LogP contribution in [0, 0.1) is 23.5 Å². The Kier molecular flexibility index (Phi) is 5.51. The number of aliphatic hydroxyl groups is 1. The van der Waals surface area contributed by atoms with Crippen molar-refractivity contribution in [3.63, 3.8) is 0 Å². The molecule has 0 saturated carbocycles. The van der Waals surface area contributed by atoms with Crippen LogP contribution < -0.4 is 5.32 Å². The summed E-state index contributed by atoms with van der Waals surface area (Å²) in [4.78, 5) is 0. The van der Waals surface area contributed by atoms with Crippen molar-refractivity contribution in [1.29, 1.82) is 0 Å². The fourth-order valence-electron chi connectivity index (χ4n) is 1.58. The van der Waals surface area contributed by atoms with Crippen LogP contribution in [0.4, 0.5) is 8.78 Å². The maximum absolute atomic E-state index is 13.3. The monoisotopic (exact) mass is 243 g/mol. The molecule has 0 fully saturated rings. The summed E-state index contributed by atoms with van der Waals surface area (Å²) >= 11 is 0. The van der Waals surface area contributed by atoms with Gasteiger partial charge in [0.2, 0.25) is 0 Å². The second-order valence-electron chi connectivity index (χ2n) is 4.55. The van der Waals surface area contributed by atoms with E-state index in [0.717, 1.165) is 12.1 Å². The first-order valence-corrected chi connectivity index (χ1v) is 5.80. The van der Waals surface area contributed by atoms with Crippen LogP contribution in [0.5, 0.6) is 0 Å². The zero-order chi connectivity index (χ0) is 12.8. The Morgan fingerprint density at radius 2 is 2.00 bits per heavy atom. The molecule has 0 aliphatic rings. The van der Waals surface area contributed by atoms with E-state index in [1.807, 2.05) is 13.8 Å². The van der Waals surface area contributed by atoms with Gasteiger partial charge in [0.25, 0.3) is 0 Å². The van der Waals surface area contributed by atoms with E-state index in [0.29, 0.717) is 18.0 Å². The van der Waals surface area contributed by atoms with Crippen LogP contribution in [0.25, 0.3) is 0 Å². The molecule has 0 heterocycles. The predicted octanol–water partition coefficient (Wildman–Crippen LogP) is 2.32. The van der Waals surface area contributed by atoms with Crippen molar-refractivity contribution in [2.45, 2.75) is 20.4 Å². The van der Waals surface area contributed by atoms with E-state index in [9.17, 15) is 8.78 Å². The summed E-state index contributed by atoms with van der Waals surface area (Å²) < 4.78 is 26.2. The number of aliphatic hydroxyl groups excluding tert-OH is 1. The molecule has 1 rings (SSSR count). The quantitative estimate of drug-likeness (QED) is 0.803. The van der Waals surface area contributed by atoms with Crippen molar-refractivity contribution in [2.75, 3.05) is 13.2 Å². The van der Waals surface area contributed by atoms with E-state index in [2.05, 4.69) is 5.32 Å². The Balaban J connectivity index is 2.47. The molecule has 0 saturated heterocycles. The van der Waals surface area contributed by atoms with E-state index in [1.54, 1.807) is 0 Å². The van der Waals surface area contributed by atoms with Crippen LogP contribution in [-0.4, -0.2) is 18.3 Å². The van der Waals surface area contributed by atoms with Crippen molar-refractivity contribution in [2.24, 2.45) is 11.8 Å². The molecule has 0 radical (unpaired) electrons. The summed E-state index contributed by atoms with van der Waals surface area (Å²) in [6.07, 6.45) is 0. The van der Waals surface area contributed by atoms with E-state index in [4.69, 9.17) is 5.11 Å². The molecular formula is C13H19F2NO. The zero-order valence-corrected chi connectivity index (χ0v) is 10.2. The van der Waals surface area contributed by atoms with Crippen molar-refractivity contribution in [3.05, 3.63) is 35.4 Å². The van der Waals surface area contributed by atoms with Crippen molar-refractivity contribution < 1.29 is 13.9 Å². The molecule has 1 aromatic carbocycles. The third-order valence-corrected chi connectivity index (χ3v) is 2.91. The fraction of sp³-hybridized carbons (Fsp3) is 0.538. The van der Waals surface area contributed by atoms with Crippen molar-refractivity contribution in [3.8, 4) is 0 Å². The van der Waals surface area contributed by atoms with Gasteiger partial charge in [-0.05, 0) is 30.0 Å². The minimum Gasteiger partial charge on any atom is -0.396 e. The highest BCUT2D eigenvalue weighted by Crippen LogP contribution is 2.11. The number of halogens is 2. The SMILES string of the molecule is CC(C)C(CO)CNCc1cc(F)ccc1F. The van der Waals surface area contributed by atoms with E-state index >= 15 is 0 Å². The molecule has 1 atom stereocenters. The molecule has 4 heteroatoms. The van der Waals surface area contributed by atoms with Crippen molar-refractivity contribution in [1.82, 2.24) is 5.32 Å². The second kappa shape index (κ2) is 6.67. The van der Waals surface area contributed by atoms with Gasteiger partial charge in [0.15, 0.2) is 0 Å². The topological polar surface area (TPSA) is 32.3 Å². The summed E-state index contributed by atoms with van der Waals surface area (Å²) in [5, 5.41) is 12.2. The maximum Gasteiger partial charge on any atom is 0.127 e. The third kappa shape index (κ3) is 4.40. The zero-order valence-electron chi connectivity index (χ0n) is 10.2. The van der Waals surface area contributed by atoms with Crippen LogP contribution in [0.3, 0.4) is 0 Å². The average molecular weight is 243 g/mol. The maximum atomic E-state index is 13.3. The minimum absolute atomic E-state index is 0.0936. The Morgan fingerprint density at radius 1 is 1.29 bits per heavy atom. The molecular weight excluding hydrogens is 224 g/mol.